The fourth-order valence-corrected chi connectivity index (χ4v) is 3.39. The second-order valence-electron chi connectivity index (χ2n) is 4.92. The zero-order chi connectivity index (χ0) is 16.4. The van der Waals surface area contributed by atoms with E-state index in [0.717, 1.165) is 5.69 Å². The number of rotatable bonds is 5. The predicted octanol–water partition coefficient (Wildman–Crippen LogP) is 1.25. The average molecular weight is 331 g/mol. The molecule has 0 unspecified atom stereocenters. The lowest BCUT2D eigenvalue weighted by Crippen LogP contribution is -2.37. The monoisotopic (exact) mass is 331 g/mol. The van der Waals surface area contributed by atoms with Gasteiger partial charge in [0.25, 0.3) is 5.91 Å². The number of nitrogens with one attached hydrogen (secondary N) is 1. The van der Waals surface area contributed by atoms with Gasteiger partial charge in [0.2, 0.25) is 5.91 Å². The lowest BCUT2D eigenvalue weighted by molar-refractivity contribution is -0.136. The van der Waals surface area contributed by atoms with Crippen molar-refractivity contribution in [3.05, 3.63) is 41.6 Å². The number of carbonyl (C=O) groups excluding carboxylic acids is 2. The van der Waals surface area contributed by atoms with Crippen LogP contribution in [-0.4, -0.2) is 38.4 Å². The van der Waals surface area contributed by atoms with Gasteiger partial charge < -0.3 is 5.11 Å². The van der Waals surface area contributed by atoms with Gasteiger partial charge in [-0.1, -0.05) is 18.2 Å². The molecule has 2 N–H and O–H groups in total. The molecule has 2 heterocycles. The third-order valence-electron chi connectivity index (χ3n) is 3.28. The summed E-state index contributed by atoms with van der Waals surface area (Å²) in [5, 5.41) is 16.0. The van der Waals surface area contributed by atoms with Crippen molar-refractivity contribution >= 4 is 29.5 Å². The number of carbonyl (C=O) groups is 3. The number of benzene rings is 1. The number of para-hydroxylation sites is 1. The molecule has 0 spiro atoms. The summed E-state index contributed by atoms with van der Waals surface area (Å²) in [4.78, 5) is 34.4. The zero-order valence-electron chi connectivity index (χ0n) is 12.0. The summed E-state index contributed by atoms with van der Waals surface area (Å²) in [5.41, 5.74) is 1.52. The topological polar surface area (TPSA) is 101 Å². The first-order valence-electron chi connectivity index (χ1n) is 6.92. The second kappa shape index (κ2) is 6.25. The molecule has 1 aliphatic rings. The molecular formula is C15H13N3O4S. The number of aliphatic carboxylic acids is 1. The Morgan fingerprint density at radius 3 is 2.74 bits per heavy atom. The first-order valence-corrected chi connectivity index (χ1v) is 7.91. The number of imide groups is 1. The number of nitrogens with zero attached hydrogens (tertiary/aromatic N) is 2. The Labute approximate surface area is 135 Å². The van der Waals surface area contributed by atoms with Crippen molar-refractivity contribution in [2.45, 2.75) is 17.9 Å². The van der Waals surface area contributed by atoms with E-state index in [4.69, 9.17) is 5.11 Å². The smallest absolute Gasteiger partial charge is 0.304 e. The third-order valence-corrected chi connectivity index (χ3v) is 4.34. The van der Waals surface area contributed by atoms with E-state index in [1.807, 2.05) is 30.3 Å². The van der Waals surface area contributed by atoms with Gasteiger partial charge in [-0.25, -0.2) is 4.68 Å². The highest BCUT2D eigenvalue weighted by Crippen LogP contribution is 2.30. The van der Waals surface area contributed by atoms with Crippen LogP contribution in [0.3, 0.4) is 0 Å². The van der Waals surface area contributed by atoms with Gasteiger partial charge in [0, 0.05) is 5.75 Å². The van der Waals surface area contributed by atoms with Crippen molar-refractivity contribution in [2.24, 2.45) is 0 Å². The number of carboxylic acids is 1. The number of aromatic nitrogens is 2. The molecule has 2 aromatic rings. The molecule has 7 nitrogen and oxygen atoms in total. The molecule has 0 fully saturated rings. The molecule has 3 rings (SSSR count). The van der Waals surface area contributed by atoms with Gasteiger partial charge >= 0.3 is 5.97 Å². The van der Waals surface area contributed by atoms with E-state index in [1.165, 1.54) is 11.8 Å². The number of amides is 2. The van der Waals surface area contributed by atoms with E-state index in [2.05, 4.69) is 10.4 Å². The maximum atomic E-state index is 12.1. The van der Waals surface area contributed by atoms with Crippen molar-refractivity contribution in [3.63, 3.8) is 0 Å². The first kappa shape index (κ1) is 15.3. The van der Waals surface area contributed by atoms with Gasteiger partial charge in [-0.05, 0) is 12.1 Å². The summed E-state index contributed by atoms with van der Waals surface area (Å²) < 4.78 is 1.59. The molecule has 1 aromatic heterocycles. The van der Waals surface area contributed by atoms with Crippen LogP contribution in [0.4, 0.5) is 0 Å². The Balaban J connectivity index is 2.04. The van der Waals surface area contributed by atoms with Crippen LogP contribution in [0.25, 0.3) is 5.69 Å². The van der Waals surface area contributed by atoms with Crippen molar-refractivity contribution in [1.29, 1.82) is 0 Å². The molecule has 0 saturated carbocycles. The fraction of sp³-hybridized carbons (Fsp3) is 0.200. The summed E-state index contributed by atoms with van der Waals surface area (Å²) in [7, 11) is 0. The molecule has 118 valence electrons. The Morgan fingerprint density at radius 1 is 1.30 bits per heavy atom. The quantitative estimate of drug-likeness (QED) is 0.632. The lowest BCUT2D eigenvalue weighted by Gasteiger charge is -2.11. The van der Waals surface area contributed by atoms with Gasteiger partial charge in [0.1, 0.15) is 5.03 Å². The van der Waals surface area contributed by atoms with E-state index < -0.39 is 11.9 Å². The lowest BCUT2D eigenvalue weighted by atomic mass is 10.1. The molecule has 23 heavy (non-hydrogen) atoms. The Hall–Kier alpha value is -2.61. The van der Waals surface area contributed by atoms with Gasteiger partial charge in [-0.3, -0.25) is 19.7 Å². The number of carboxylic acid groups (broad SMARTS) is 1. The summed E-state index contributed by atoms with van der Waals surface area (Å²) in [6.45, 7) is 0. The van der Waals surface area contributed by atoms with Crippen LogP contribution in [0.5, 0.6) is 0 Å². The van der Waals surface area contributed by atoms with E-state index in [-0.39, 0.29) is 18.7 Å². The number of hydrogen-bond acceptors (Lipinski definition) is 5. The van der Waals surface area contributed by atoms with Gasteiger partial charge in [0.05, 0.1) is 29.8 Å². The van der Waals surface area contributed by atoms with Crippen LogP contribution >= 0.6 is 11.8 Å². The predicted molar refractivity (Wildman–Crippen MR) is 82.7 cm³/mol. The Bertz CT molecular complexity index is 786. The molecular weight excluding hydrogens is 318 g/mol. The van der Waals surface area contributed by atoms with Crippen molar-refractivity contribution in [3.8, 4) is 5.69 Å². The van der Waals surface area contributed by atoms with Crippen LogP contribution in [0.2, 0.25) is 0 Å². The van der Waals surface area contributed by atoms with Crippen molar-refractivity contribution in [2.75, 3.05) is 5.75 Å². The SMILES string of the molecule is O=C(O)CCSc1c2c(nn1-c1ccccc1)CC(=O)NC2=O. The number of hydrogen-bond donors (Lipinski definition) is 2. The first-order chi connectivity index (χ1) is 11.1. The van der Waals surface area contributed by atoms with Gasteiger partial charge in [0.15, 0.2) is 0 Å². The van der Waals surface area contributed by atoms with Crippen LogP contribution < -0.4 is 5.32 Å². The van der Waals surface area contributed by atoms with Crippen LogP contribution in [0.1, 0.15) is 22.5 Å². The number of fused-ring (bicyclic) bond motifs is 1. The van der Waals surface area contributed by atoms with Crippen molar-refractivity contribution < 1.29 is 19.5 Å². The molecule has 0 atom stereocenters. The molecule has 0 aliphatic carbocycles. The minimum absolute atomic E-state index is 0.0278. The normalized spacial score (nSPS) is 13.6. The summed E-state index contributed by atoms with van der Waals surface area (Å²) in [6, 6.07) is 9.21. The zero-order valence-corrected chi connectivity index (χ0v) is 12.8. The summed E-state index contributed by atoms with van der Waals surface area (Å²) >= 11 is 1.24. The molecule has 0 radical (unpaired) electrons. The minimum Gasteiger partial charge on any atom is -0.481 e. The van der Waals surface area contributed by atoms with E-state index in [1.54, 1.807) is 4.68 Å². The van der Waals surface area contributed by atoms with Crippen LogP contribution in [0, 0.1) is 0 Å². The third kappa shape index (κ3) is 3.11. The molecule has 1 aromatic carbocycles. The van der Waals surface area contributed by atoms with Crippen LogP contribution in [0.15, 0.2) is 35.4 Å². The largest absolute Gasteiger partial charge is 0.481 e. The van der Waals surface area contributed by atoms with Gasteiger partial charge in [-0.15, -0.1) is 11.8 Å². The maximum absolute atomic E-state index is 12.1. The Kier molecular flexibility index (Phi) is 4.16. The molecule has 0 bridgehead atoms. The molecule has 2 amide bonds. The molecule has 0 saturated heterocycles. The minimum atomic E-state index is -0.906. The highest BCUT2D eigenvalue weighted by molar-refractivity contribution is 7.99. The summed E-state index contributed by atoms with van der Waals surface area (Å²) in [5.74, 6) is -1.48. The maximum Gasteiger partial charge on any atom is 0.304 e. The van der Waals surface area contributed by atoms with E-state index >= 15 is 0 Å². The Morgan fingerprint density at radius 2 is 2.04 bits per heavy atom. The van der Waals surface area contributed by atoms with E-state index in [0.29, 0.717) is 22.0 Å². The summed E-state index contributed by atoms with van der Waals surface area (Å²) in [6.07, 6.45) is 0.00730. The van der Waals surface area contributed by atoms with E-state index in [9.17, 15) is 14.4 Å². The standard InChI is InChI=1S/C15H13N3O4S/c19-11-8-10-13(14(22)16-11)15(23-7-6-12(20)21)18(17-10)9-4-2-1-3-5-9/h1-5H,6-8H2,(H,20,21)(H,16,19,22). The molecule has 8 heteroatoms. The second-order valence-corrected chi connectivity index (χ2v) is 6.00. The highest BCUT2D eigenvalue weighted by atomic mass is 32.2. The van der Waals surface area contributed by atoms with Gasteiger partial charge in [-0.2, -0.15) is 5.10 Å². The van der Waals surface area contributed by atoms with Crippen molar-refractivity contribution in [1.82, 2.24) is 15.1 Å². The van der Waals surface area contributed by atoms with Crippen LogP contribution in [-0.2, 0) is 16.0 Å². The average Bonchev–Trinajstić information content (AvgIpc) is 2.86. The fourth-order valence-electron chi connectivity index (χ4n) is 2.30. The molecule has 1 aliphatic heterocycles. The number of thioether (sulfide) groups is 1. The highest BCUT2D eigenvalue weighted by Gasteiger charge is 2.31.